The van der Waals surface area contributed by atoms with Crippen LogP contribution >= 0.6 is 12.4 Å². The Bertz CT molecular complexity index is 628. The molecular weight excluding hydrogens is 286 g/mol. The van der Waals surface area contributed by atoms with Gasteiger partial charge >= 0.3 is 0 Å². The molecule has 0 fully saturated rings. The number of anilines is 1. The van der Waals surface area contributed by atoms with Crippen molar-refractivity contribution >= 4 is 24.0 Å². The van der Waals surface area contributed by atoms with Crippen LogP contribution in [0, 0.1) is 0 Å². The standard InChI is InChI=1S/C16H17N3O.ClH/c17-13-6-8-15(18-10-13)16(20)19-14-7-5-11-3-1-2-4-12(11)9-14;/h1-4,6,8,10,14H,5,7,9,17H2,(H,19,20);1H. The number of aromatic nitrogens is 1. The van der Waals surface area contributed by atoms with Crippen LogP contribution in [-0.4, -0.2) is 16.9 Å². The monoisotopic (exact) mass is 303 g/mol. The number of hydrogen-bond acceptors (Lipinski definition) is 3. The number of hydrogen-bond donors (Lipinski definition) is 2. The van der Waals surface area contributed by atoms with Crippen LogP contribution in [0.3, 0.4) is 0 Å². The van der Waals surface area contributed by atoms with Gasteiger partial charge in [-0.15, -0.1) is 12.4 Å². The van der Waals surface area contributed by atoms with E-state index in [1.165, 1.54) is 17.3 Å². The predicted octanol–water partition coefficient (Wildman–Crippen LogP) is 2.37. The maximum absolute atomic E-state index is 12.1. The van der Waals surface area contributed by atoms with Crippen LogP contribution in [-0.2, 0) is 12.8 Å². The zero-order valence-corrected chi connectivity index (χ0v) is 12.4. The molecular formula is C16H18ClN3O. The molecule has 0 saturated carbocycles. The van der Waals surface area contributed by atoms with E-state index in [-0.39, 0.29) is 24.4 Å². The summed E-state index contributed by atoms with van der Waals surface area (Å²) in [7, 11) is 0. The summed E-state index contributed by atoms with van der Waals surface area (Å²) in [5.41, 5.74) is 9.27. The fourth-order valence-electron chi connectivity index (χ4n) is 2.62. The molecule has 1 heterocycles. The maximum Gasteiger partial charge on any atom is 0.270 e. The van der Waals surface area contributed by atoms with Crippen molar-refractivity contribution in [2.24, 2.45) is 0 Å². The number of nitrogens with one attached hydrogen (secondary N) is 1. The van der Waals surface area contributed by atoms with Crippen LogP contribution in [0.4, 0.5) is 5.69 Å². The molecule has 0 saturated heterocycles. The normalized spacial score (nSPS) is 16.5. The first-order valence-corrected chi connectivity index (χ1v) is 6.81. The minimum atomic E-state index is -0.130. The predicted molar refractivity (Wildman–Crippen MR) is 85.6 cm³/mol. The third kappa shape index (κ3) is 3.52. The summed E-state index contributed by atoms with van der Waals surface area (Å²) in [4.78, 5) is 16.2. The summed E-state index contributed by atoms with van der Waals surface area (Å²) in [6, 6.07) is 11.9. The minimum Gasteiger partial charge on any atom is -0.397 e. The van der Waals surface area contributed by atoms with Crippen LogP contribution in [0.5, 0.6) is 0 Å². The highest BCUT2D eigenvalue weighted by Gasteiger charge is 2.20. The van der Waals surface area contributed by atoms with Gasteiger partial charge < -0.3 is 11.1 Å². The number of rotatable bonds is 2. The Kier molecular flexibility index (Phi) is 4.81. The van der Waals surface area contributed by atoms with Crippen LogP contribution in [0.1, 0.15) is 28.0 Å². The molecule has 1 aliphatic rings. The second-order valence-electron chi connectivity index (χ2n) is 5.16. The van der Waals surface area contributed by atoms with E-state index in [0.717, 1.165) is 19.3 Å². The molecule has 5 heteroatoms. The Morgan fingerprint density at radius 3 is 2.67 bits per heavy atom. The minimum absolute atomic E-state index is 0. The largest absolute Gasteiger partial charge is 0.397 e. The van der Waals surface area contributed by atoms with E-state index in [1.807, 2.05) is 6.07 Å². The zero-order chi connectivity index (χ0) is 13.9. The second kappa shape index (κ2) is 6.59. The van der Waals surface area contributed by atoms with Crippen molar-refractivity contribution in [3.63, 3.8) is 0 Å². The Morgan fingerprint density at radius 2 is 1.95 bits per heavy atom. The van der Waals surface area contributed by atoms with Crippen LogP contribution < -0.4 is 11.1 Å². The van der Waals surface area contributed by atoms with Gasteiger partial charge in [0.1, 0.15) is 5.69 Å². The number of benzene rings is 1. The van der Waals surface area contributed by atoms with Gasteiger partial charge in [-0.1, -0.05) is 24.3 Å². The van der Waals surface area contributed by atoms with Crippen molar-refractivity contribution in [3.05, 3.63) is 59.4 Å². The molecule has 1 aliphatic carbocycles. The Hall–Kier alpha value is -2.07. The molecule has 21 heavy (non-hydrogen) atoms. The van der Waals surface area contributed by atoms with Gasteiger partial charge in [0.15, 0.2) is 0 Å². The summed E-state index contributed by atoms with van der Waals surface area (Å²) >= 11 is 0. The van der Waals surface area contributed by atoms with Gasteiger partial charge in [-0.05, 0) is 42.5 Å². The lowest BCUT2D eigenvalue weighted by Gasteiger charge is -2.25. The molecule has 110 valence electrons. The van der Waals surface area contributed by atoms with Gasteiger partial charge in [0.25, 0.3) is 5.91 Å². The Balaban J connectivity index is 0.00000161. The molecule has 1 atom stereocenters. The van der Waals surface area contributed by atoms with Gasteiger partial charge in [-0.25, -0.2) is 4.98 Å². The lowest BCUT2D eigenvalue weighted by atomic mass is 9.88. The number of amides is 1. The van der Waals surface area contributed by atoms with E-state index in [2.05, 4.69) is 28.5 Å². The second-order valence-corrected chi connectivity index (χ2v) is 5.16. The molecule has 0 aliphatic heterocycles. The molecule has 0 radical (unpaired) electrons. The van der Waals surface area contributed by atoms with E-state index in [0.29, 0.717) is 11.4 Å². The molecule has 1 aromatic carbocycles. The van der Waals surface area contributed by atoms with E-state index < -0.39 is 0 Å². The number of nitrogens with zero attached hydrogens (tertiary/aromatic N) is 1. The molecule has 1 unspecified atom stereocenters. The number of carbonyl (C=O) groups excluding carboxylic acids is 1. The highest BCUT2D eigenvalue weighted by Crippen LogP contribution is 2.21. The van der Waals surface area contributed by atoms with E-state index in [1.54, 1.807) is 12.1 Å². The highest BCUT2D eigenvalue weighted by atomic mass is 35.5. The third-order valence-electron chi connectivity index (χ3n) is 3.70. The van der Waals surface area contributed by atoms with Crippen molar-refractivity contribution in [1.29, 1.82) is 0 Å². The van der Waals surface area contributed by atoms with Crippen molar-refractivity contribution in [1.82, 2.24) is 10.3 Å². The highest BCUT2D eigenvalue weighted by molar-refractivity contribution is 5.92. The van der Waals surface area contributed by atoms with Crippen molar-refractivity contribution in [2.45, 2.75) is 25.3 Å². The van der Waals surface area contributed by atoms with Gasteiger partial charge in [0, 0.05) is 6.04 Å². The fraction of sp³-hybridized carbons (Fsp3) is 0.250. The Morgan fingerprint density at radius 1 is 1.19 bits per heavy atom. The molecule has 0 spiro atoms. The summed E-state index contributed by atoms with van der Waals surface area (Å²) in [5, 5.41) is 3.05. The number of pyridine rings is 1. The lowest BCUT2D eigenvalue weighted by Crippen LogP contribution is -2.39. The quantitative estimate of drug-likeness (QED) is 0.895. The summed E-state index contributed by atoms with van der Waals surface area (Å²) in [6.45, 7) is 0. The average Bonchev–Trinajstić information content (AvgIpc) is 2.48. The summed E-state index contributed by atoms with van der Waals surface area (Å²) < 4.78 is 0. The SMILES string of the molecule is Cl.Nc1ccc(C(=O)NC2CCc3ccccc3C2)nc1. The Labute approximate surface area is 130 Å². The first-order chi connectivity index (χ1) is 9.72. The van der Waals surface area contributed by atoms with Gasteiger partial charge in [0.2, 0.25) is 0 Å². The first kappa shape index (κ1) is 15.3. The van der Waals surface area contributed by atoms with E-state index >= 15 is 0 Å². The summed E-state index contributed by atoms with van der Waals surface area (Å²) in [6.07, 6.45) is 4.37. The smallest absolute Gasteiger partial charge is 0.270 e. The first-order valence-electron chi connectivity index (χ1n) is 6.81. The molecule has 4 nitrogen and oxygen atoms in total. The fourth-order valence-corrected chi connectivity index (χ4v) is 2.62. The zero-order valence-electron chi connectivity index (χ0n) is 11.6. The molecule has 2 aromatic rings. The summed E-state index contributed by atoms with van der Waals surface area (Å²) in [5.74, 6) is -0.130. The van der Waals surface area contributed by atoms with Crippen molar-refractivity contribution in [2.75, 3.05) is 5.73 Å². The number of aryl methyl sites for hydroxylation is 1. The molecule has 1 amide bonds. The third-order valence-corrected chi connectivity index (χ3v) is 3.70. The van der Waals surface area contributed by atoms with Gasteiger partial charge in [0.05, 0.1) is 11.9 Å². The van der Waals surface area contributed by atoms with Crippen LogP contribution in [0.25, 0.3) is 0 Å². The average molecular weight is 304 g/mol. The van der Waals surface area contributed by atoms with Gasteiger partial charge in [-0.3, -0.25) is 4.79 Å². The number of nitrogen functional groups attached to an aromatic ring is 1. The van der Waals surface area contributed by atoms with E-state index in [9.17, 15) is 4.79 Å². The number of carbonyl (C=O) groups is 1. The van der Waals surface area contributed by atoms with Gasteiger partial charge in [-0.2, -0.15) is 0 Å². The maximum atomic E-state index is 12.1. The number of nitrogens with two attached hydrogens (primary N) is 1. The van der Waals surface area contributed by atoms with Crippen molar-refractivity contribution in [3.8, 4) is 0 Å². The number of halogens is 1. The molecule has 0 bridgehead atoms. The number of fused-ring (bicyclic) bond motifs is 1. The molecule has 3 rings (SSSR count). The van der Waals surface area contributed by atoms with Crippen LogP contribution in [0.15, 0.2) is 42.6 Å². The van der Waals surface area contributed by atoms with Crippen molar-refractivity contribution < 1.29 is 4.79 Å². The molecule has 3 N–H and O–H groups in total. The molecule has 1 aromatic heterocycles. The topological polar surface area (TPSA) is 68.0 Å². The van der Waals surface area contributed by atoms with Crippen LogP contribution in [0.2, 0.25) is 0 Å². The lowest BCUT2D eigenvalue weighted by molar-refractivity contribution is 0.0928. The van der Waals surface area contributed by atoms with E-state index in [4.69, 9.17) is 5.73 Å².